The van der Waals surface area contributed by atoms with Crippen LogP contribution in [-0.2, 0) is 4.74 Å². The maximum absolute atomic E-state index is 14.8. The molecule has 4 rings (SSSR count). The van der Waals surface area contributed by atoms with Gasteiger partial charge >= 0.3 is 6.03 Å². The number of rotatable bonds is 4. The summed E-state index contributed by atoms with van der Waals surface area (Å²) in [4.78, 5) is 21.7. The van der Waals surface area contributed by atoms with Gasteiger partial charge in [0.05, 0.1) is 16.8 Å². The van der Waals surface area contributed by atoms with Gasteiger partial charge in [-0.15, -0.1) is 12.4 Å². The van der Waals surface area contributed by atoms with Crippen molar-refractivity contribution in [1.82, 2.24) is 15.3 Å². The second-order valence-corrected chi connectivity index (χ2v) is 9.18. The fourth-order valence-corrected chi connectivity index (χ4v) is 4.33. The van der Waals surface area contributed by atoms with Crippen molar-refractivity contribution in [3.63, 3.8) is 0 Å². The molecule has 34 heavy (non-hydrogen) atoms. The van der Waals surface area contributed by atoms with Gasteiger partial charge in [-0.05, 0) is 69.9 Å². The largest absolute Gasteiger partial charge is 0.375 e. The third kappa shape index (κ3) is 5.56. The van der Waals surface area contributed by atoms with Gasteiger partial charge in [0.1, 0.15) is 11.6 Å². The fraction of sp³-hybridized carbons (Fsp3) is 0.400. The first kappa shape index (κ1) is 25.6. The topological polar surface area (TPSA) is 88.2 Å². The van der Waals surface area contributed by atoms with Crippen LogP contribution in [-0.4, -0.2) is 41.3 Å². The van der Waals surface area contributed by atoms with Gasteiger partial charge in [-0.25, -0.2) is 14.2 Å². The smallest absolute Gasteiger partial charge is 0.319 e. The molecule has 1 aliphatic rings. The number of fused-ring (bicyclic) bond motifs is 1. The van der Waals surface area contributed by atoms with Crippen LogP contribution in [0.3, 0.4) is 0 Å². The van der Waals surface area contributed by atoms with E-state index in [1.807, 2.05) is 46.9 Å². The first-order valence-electron chi connectivity index (χ1n) is 11.1. The molecule has 7 nitrogen and oxygen atoms in total. The van der Waals surface area contributed by atoms with Crippen molar-refractivity contribution in [3.8, 4) is 11.1 Å². The Kier molecular flexibility index (Phi) is 7.63. The summed E-state index contributed by atoms with van der Waals surface area (Å²) in [5.74, 6) is 0.260. The van der Waals surface area contributed by atoms with E-state index in [2.05, 4.69) is 20.9 Å². The number of carbonyl (C=O) groups excluding carboxylic acids is 1. The molecule has 9 heteroatoms. The first-order chi connectivity index (χ1) is 15.6. The van der Waals surface area contributed by atoms with E-state index in [0.29, 0.717) is 13.0 Å². The highest BCUT2D eigenvalue weighted by atomic mass is 35.5. The van der Waals surface area contributed by atoms with E-state index in [9.17, 15) is 9.18 Å². The van der Waals surface area contributed by atoms with Gasteiger partial charge in [0.25, 0.3) is 0 Å². The molecule has 1 aromatic carbocycles. The van der Waals surface area contributed by atoms with Crippen LogP contribution in [0.5, 0.6) is 0 Å². The number of hydrogen-bond donors (Lipinski definition) is 3. The van der Waals surface area contributed by atoms with Gasteiger partial charge in [-0.2, -0.15) is 0 Å². The number of pyridine rings is 2. The number of aromatic nitrogens is 2. The number of nitrogens with zero attached hydrogens (tertiary/aromatic N) is 2. The monoisotopic (exact) mass is 487 g/mol. The molecule has 2 amide bonds. The molecule has 0 radical (unpaired) electrons. The maximum atomic E-state index is 14.8. The van der Waals surface area contributed by atoms with Crippen molar-refractivity contribution >= 4 is 40.8 Å². The summed E-state index contributed by atoms with van der Waals surface area (Å²) in [6, 6.07) is 6.54. The second kappa shape index (κ2) is 10.1. The van der Waals surface area contributed by atoms with E-state index in [0.717, 1.165) is 45.5 Å². The van der Waals surface area contributed by atoms with Crippen LogP contribution in [0.15, 0.2) is 30.5 Å². The number of amides is 2. The molecule has 0 spiro atoms. The van der Waals surface area contributed by atoms with Crippen molar-refractivity contribution < 1.29 is 13.9 Å². The van der Waals surface area contributed by atoms with Crippen molar-refractivity contribution in [2.45, 2.75) is 52.2 Å². The lowest BCUT2D eigenvalue weighted by atomic mass is 9.94. The van der Waals surface area contributed by atoms with Crippen LogP contribution < -0.4 is 16.0 Å². The number of hydrogen-bond acceptors (Lipinski definition) is 5. The highest BCUT2D eigenvalue weighted by Gasteiger charge is 2.29. The standard InChI is InChI=1S/C25H30FN5O2.ClH/c1-14-8-20(26)22(31-24(32)30-17-6-7-33-25(3,4)12-17)10-18(14)19-9-16-13-28-23(27-5)11-21(16)29-15(19)2;/h8-11,13,17H,6-7,12H2,1-5H3,(H,27,28)(H2,30,31,32);1H. The molecule has 1 saturated heterocycles. The van der Waals surface area contributed by atoms with Crippen LogP contribution in [0.25, 0.3) is 22.0 Å². The number of urea groups is 1. The number of carbonyl (C=O) groups is 1. The van der Waals surface area contributed by atoms with Gasteiger partial charge in [0, 0.05) is 48.6 Å². The predicted molar refractivity (Wildman–Crippen MR) is 136 cm³/mol. The number of ether oxygens (including phenoxy) is 1. The van der Waals surface area contributed by atoms with E-state index in [-0.39, 0.29) is 29.7 Å². The van der Waals surface area contributed by atoms with E-state index < -0.39 is 11.8 Å². The zero-order valence-electron chi connectivity index (χ0n) is 20.1. The number of benzene rings is 1. The predicted octanol–water partition coefficient (Wildman–Crippen LogP) is 5.60. The molecular weight excluding hydrogens is 457 g/mol. The molecule has 1 unspecified atom stereocenters. The lowest BCUT2D eigenvalue weighted by Gasteiger charge is -2.35. The summed E-state index contributed by atoms with van der Waals surface area (Å²) in [7, 11) is 1.81. The summed E-state index contributed by atoms with van der Waals surface area (Å²) in [5.41, 5.74) is 3.91. The van der Waals surface area contributed by atoms with E-state index >= 15 is 0 Å². The minimum Gasteiger partial charge on any atom is -0.375 e. The van der Waals surface area contributed by atoms with Gasteiger partial charge in [0.15, 0.2) is 0 Å². The Labute approximate surface area is 205 Å². The maximum Gasteiger partial charge on any atom is 0.319 e. The molecule has 3 aromatic rings. The van der Waals surface area contributed by atoms with Crippen molar-refractivity contribution in [2.75, 3.05) is 24.3 Å². The Hall–Kier alpha value is -2.97. The molecule has 0 aliphatic carbocycles. The SMILES string of the molecule is CNc1cc2nc(C)c(-c3cc(NC(=O)NC4CCOC(C)(C)C4)c(F)cc3C)cc2cn1.Cl. The zero-order chi connectivity index (χ0) is 23.8. The number of halogens is 2. The van der Waals surface area contributed by atoms with Crippen molar-refractivity contribution in [2.24, 2.45) is 0 Å². The van der Waals surface area contributed by atoms with E-state index in [1.54, 1.807) is 12.3 Å². The summed E-state index contributed by atoms with van der Waals surface area (Å²) >= 11 is 0. The third-order valence-corrected chi connectivity index (χ3v) is 6.03. The Balaban J connectivity index is 0.00000324. The average molecular weight is 488 g/mol. The summed E-state index contributed by atoms with van der Waals surface area (Å²) in [5, 5.41) is 9.53. The average Bonchev–Trinajstić information content (AvgIpc) is 2.74. The highest BCUT2D eigenvalue weighted by Crippen LogP contribution is 2.33. The summed E-state index contributed by atoms with van der Waals surface area (Å²) in [6.07, 6.45) is 3.19. The van der Waals surface area contributed by atoms with E-state index in [4.69, 9.17) is 9.72 Å². The molecule has 2 aromatic heterocycles. The molecule has 1 fully saturated rings. The molecule has 182 valence electrons. The molecule has 1 aliphatic heterocycles. The van der Waals surface area contributed by atoms with Crippen LogP contribution in [0.4, 0.5) is 20.7 Å². The van der Waals surface area contributed by atoms with Gasteiger partial charge in [-0.1, -0.05) is 0 Å². The van der Waals surface area contributed by atoms with Crippen LogP contribution in [0, 0.1) is 19.7 Å². The lowest BCUT2D eigenvalue weighted by molar-refractivity contribution is -0.0609. The van der Waals surface area contributed by atoms with Crippen LogP contribution in [0.2, 0.25) is 0 Å². The third-order valence-electron chi connectivity index (χ3n) is 6.03. The van der Waals surface area contributed by atoms with Crippen LogP contribution >= 0.6 is 12.4 Å². The second-order valence-electron chi connectivity index (χ2n) is 9.18. The number of nitrogens with one attached hydrogen (secondary N) is 3. The van der Waals surface area contributed by atoms with E-state index in [1.165, 1.54) is 6.07 Å². The Morgan fingerprint density at radius 3 is 2.65 bits per heavy atom. The zero-order valence-corrected chi connectivity index (χ0v) is 20.9. The van der Waals surface area contributed by atoms with Crippen molar-refractivity contribution in [3.05, 3.63) is 47.5 Å². The minimum absolute atomic E-state index is 0. The molecule has 0 bridgehead atoms. The fourth-order valence-electron chi connectivity index (χ4n) is 4.33. The first-order valence-corrected chi connectivity index (χ1v) is 11.1. The van der Waals surface area contributed by atoms with Gasteiger partial charge < -0.3 is 20.7 Å². The molecule has 3 N–H and O–H groups in total. The minimum atomic E-state index is -0.481. The summed E-state index contributed by atoms with van der Waals surface area (Å²) in [6.45, 7) is 8.35. The molecule has 0 saturated carbocycles. The normalized spacial score (nSPS) is 17.1. The Morgan fingerprint density at radius 2 is 1.94 bits per heavy atom. The van der Waals surface area contributed by atoms with Gasteiger partial charge in [0.2, 0.25) is 0 Å². The lowest BCUT2D eigenvalue weighted by Crippen LogP contribution is -2.47. The highest BCUT2D eigenvalue weighted by molar-refractivity contribution is 5.92. The number of anilines is 2. The molecular formula is C25H31ClFN5O2. The molecule has 1 atom stereocenters. The van der Waals surface area contributed by atoms with Gasteiger partial charge in [-0.3, -0.25) is 4.98 Å². The Bertz CT molecular complexity index is 1220. The quantitative estimate of drug-likeness (QED) is 0.446. The Morgan fingerprint density at radius 1 is 1.18 bits per heavy atom. The number of aryl methyl sites for hydroxylation is 2. The molecule has 3 heterocycles. The van der Waals surface area contributed by atoms with Crippen LogP contribution in [0.1, 0.15) is 37.9 Å². The van der Waals surface area contributed by atoms with Crippen molar-refractivity contribution in [1.29, 1.82) is 0 Å². The summed E-state index contributed by atoms with van der Waals surface area (Å²) < 4.78 is 20.5.